The number of nitrogens with zero attached hydrogens (tertiary/aromatic N) is 1. The lowest BCUT2D eigenvalue weighted by Gasteiger charge is -2.09. The van der Waals surface area contributed by atoms with Crippen LogP contribution in [0.2, 0.25) is 5.02 Å². The number of pyridine rings is 1. The minimum absolute atomic E-state index is 0.251. The van der Waals surface area contributed by atoms with E-state index < -0.39 is 0 Å². The van der Waals surface area contributed by atoms with Gasteiger partial charge < -0.3 is 9.73 Å². The summed E-state index contributed by atoms with van der Waals surface area (Å²) < 4.78 is 5.00. The lowest BCUT2D eigenvalue weighted by atomic mass is 10.2. The Kier molecular flexibility index (Phi) is 3.15. The first kappa shape index (κ1) is 11.7. The fraction of sp³-hybridized carbons (Fsp3) is 0.167. The van der Waals surface area contributed by atoms with Crippen molar-refractivity contribution in [1.82, 2.24) is 4.98 Å². The van der Waals surface area contributed by atoms with Gasteiger partial charge in [-0.15, -0.1) is 0 Å². The molecule has 0 aromatic carbocycles. The highest BCUT2D eigenvalue weighted by molar-refractivity contribution is 6.32. The summed E-state index contributed by atoms with van der Waals surface area (Å²) in [6.45, 7) is 3.64. The lowest BCUT2D eigenvalue weighted by molar-refractivity contribution is 0.0996. The van der Waals surface area contributed by atoms with E-state index in [1.807, 2.05) is 13.8 Å². The molecule has 4 nitrogen and oxygen atoms in total. The molecule has 0 aliphatic heterocycles. The fourth-order valence-corrected chi connectivity index (χ4v) is 1.57. The molecular formula is C12H11ClN2O2. The van der Waals surface area contributed by atoms with E-state index in [9.17, 15) is 4.79 Å². The maximum absolute atomic E-state index is 11.7. The minimum atomic E-state index is -0.320. The lowest BCUT2D eigenvalue weighted by Crippen LogP contribution is -2.12. The Morgan fingerprint density at radius 3 is 2.88 bits per heavy atom. The van der Waals surface area contributed by atoms with Crippen molar-refractivity contribution in [3.63, 3.8) is 0 Å². The van der Waals surface area contributed by atoms with Gasteiger partial charge in [-0.05, 0) is 31.5 Å². The van der Waals surface area contributed by atoms with Crippen molar-refractivity contribution >= 4 is 23.2 Å². The molecule has 0 aliphatic rings. The van der Waals surface area contributed by atoms with Gasteiger partial charge in [0.25, 0.3) is 5.91 Å². The number of nitrogens with one attached hydrogen (secondary N) is 1. The molecule has 0 spiro atoms. The van der Waals surface area contributed by atoms with Crippen molar-refractivity contribution in [3.8, 4) is 0 Å². The van der Waals surface area contributed by atoms with Crippen LogP contribution in [-0.4, -0.2) is 10.9 Å². The Morgan fingerprint density at radius 2 is 2.24 bits per heavy atom. The third-order valence-electron chi connectivity index (χ3n) is 2.43. The Balaban J connectivity index is 2.25. The first-order valence-electron chi connectivity index (χ1n) is 5.06. The van der Waals surface area contributed by atoms with Gasteiger partial charge in [-0.1, -0.05) is 11.6 Å². The molecule has 2 heterocycles. The number of furan rings is 1. The van der Waals surface area contributed by atoms with Crippen LogP contribution in [-0.2, 0) is 0 Å². The topological polar surface area (TPSA) is 55.1 Å². The predicted molar refractivity (Wildman–Crippen MR) is 65.4 cm³/mol. The van der Waals surface area contributed by atoms with Crippen molar-refractivity contribution in [2.75, 3.05) is 5.32 Å². The molecular weight excluding hydrogens is 240 g/mol. The average molecular weight is 251 g/mol. The van der Waals surface area contributed by atoms with Crippen molar-refractivity contribution in [1.29, 1.82) is 0 Å². The smallest absolute Gasteiger partial charge is 0.291 e. The molecule has 5 heteroatoms. The Morgan fingerprint density at radius 1 is 1.47 bits per heavy atom. The van der Waals surface area contributed by atoms with Gasteiger partial charge in [-0.3, -0.25) is 9.78 Å². The number of hydrogen-bond acceptors (Lipinski definition) is 3. The van der Waals surface area contributed by atoms with Gasteiger partial charge in [0.2, 0.25) is 0 Å². The van der Waals surface area contributed by atoms with Gasteiger partial charge in [0, 0.05) is 0 Å². The third-order valence-corrected chi connectivity index (χ3v) is 2.99. The van der Waals surface area contributed by atoms with E-state index in [2.05, 4.69) is 10.3 Å². The molecule has 2 rings (SSSR count). The molecule has 0 unspecified atom stereocenters. The van der Waals surface area contributed by atoms with Gasteiger partial charge >= 0.3 is 0 Å². The van der Waals surface area contributed by atoms with E-state index in [1.165, 1.54) is 6.26 Å². The second-order valence-electron chi connectivity index (χ2n) is 3.63. The van der Waals surface area contributed by atoms with E-state index in [0.717, 1.165) is 11.3 Å². The van der Waals surface area contributed by atoms with Crippen LogP contribution in [0.3, 0.4) is 0 Å². The van der Waals surface area contributed by atoms with Crippen LogP contribution < -0.4 is 5.32 Å². The molecule has 2 aromatic rings. The molecule has 2 aromatic heterocycles. The molecule has 0 aliphatic carbocycles. The normalized spacial score (nSPS) is 10.3. The predicted octanol–water partition coefficient (Wildman–Crippen LogP) is 3.20. The Labute approximate surface area is 104 Å². The summed E-state index contributed by atoms with van der Waals surface area (Å²) in [5, 5.41) is 3.26. The highest BCUT2D eigenvalue weighted by Crippen LogP contribution is 2.25. The van der Waals surface area contributed by atoms with Gasteiger partial charge in [0.05, 0.1) is 28.9 Å². The van der Waals surface area contributed by atoms with Gasteiger partial charge in [0.15, 0.2) is 5.76 Å². The van der Waals surface area contributed by atoms with Crippen LogP contribution in [0.25, 0.3) is 0 Å². The highest BCUT2D eigenvalue weighted by atomic mass is 35.5. The third kappa shape index (κ3) is 2.31. The molecule has 88 valence electrons. The first-order chi connectivity index (χ1) is 8.09. The molecule has 17 heavy (non-hydrogen) atoms. The van der Waals surface area contributed by atoms with Gasteiger partial charge in [-0.25, -0.2) is 0 Å². The van der Waals surface area contributed by atoms with Crippen molar-refractivity contribution in [3.05, 3.63) is 46.6 Å². The fourth-order valence-electron chi connectivity index (χ4n) is 1.42. The van der Waals surface area contributed by atoms with E-state index in [0.29, 0.717) is 10.7 Å². The van der Waals surface area contributed by atoms with E-state index in [4.69, 9.17) is 16.0 Å². The summed E-state index contributed by atoms with van der Waals surface area (Å²) in [6.07, 6.45) is 3.03. The average Bonchev–Trinajstić information content (AvgIpc) is 2.83. The van der Waals surface area contributed by atoms with Crippen LogP contribution in [0.4, 0.5) is 5.69 Å². The van der Waals surface area contributed by atoms with Gasteiger partial charge in [0.1, 0.15) is 0 Å². The maximum atomic E-state index is 11.7. The summed E-state index contributed by atoms with van der Waals surface area (Å²) >= 11 is 6.05. The largest absolute Gasteiger partial charge is 0.459 e. The summed E-state index contributed by atoms with van der Waals surface area (Å²) in [4.78, 5) is 15.8. The molecule has 0 saturated heterocycles. The molecule has 0 saturated carbocycles. The number of carbonyl (C=O) groups is 1. The van der Waals surface area contributed by atoms with Crippen molar-refractivity contribution in [2.24, 2.45) is 0 Å². The highest BCUT2D eigenvalue weighted by Gasteiger charge is 2.12. The Hall–Kier alpha value is -1.81. The number of aromatic nitrogens is 1. The van der Waals surface area contributed by atoms with Crippen molar-refractivity contribution < 1.29 is 9.21 Å². The number of halogens is 1. The minimum Gasteiger partial charge on any atom is -0.459 e. The van der Waals surface area contributed by atoms with Crippen LogP contribution in [0.5, 0.6) is 0 Å². The van der Waals surface area contributed by atoms with Crippen LogP contribution in [0.1, 0.15) is 21.8 Å². The summed E-state index contributed by atoms with van der Waals surface area (Å²) in [5.41, 5.74) is 2.11. The second kappa shape index (κ2) is 4.59. The second-order valence-corrected chi connectivity index (χ2v) is 4.01. The van der Waals surface area contributed by atoms with E-state index in [-0.39, 0.29) is 11.7 Å². The molecule has 0 radical (unpaired) electrons. The zero-order valence-corrected chi connectivity index (χ0v) is 10.2. The summed E-state index contributed by atoms with van der Waals surface area (Å²) in [5.74, 6) is -0.0686. The molecule has 0 bridgehead atoms. The van der Waals surface area contributed by atoms with Crippen LogP contribution in [0.15, 0.2) is 29.0 Å². The monoisotopic (exact) mass is 250 g/mol. The molecule has 0 atom stereocenters. The zero-order valence-electron chi connectivity index (χ0n) is 9.45. The zero-order chi connectivity index (χ0) is 12.4. The Bertz CT molecular complexity index is 550. The SMILES string of the molecule is Cc1ncc(NC(=O)c2ccco2)c(C)c1Cl. The van der Waals surface area contributed by atoms with Crippen LogP contribution >= 0.6 is 11.6 Å². The maximum Gasteiger partial charge on any atom is 0.291 e. The van der Waals surface area contributed by atoms with E-state index in [1.54, 1.807) is 18.3 Å². The number of carbonyl (C=O) groups excluding carboxylic acids is 1. The quantitative estimate of drug-likeness (QED) is 0.891. The summed E-state index contributed by atoms with van der Waals surface area (Å²) in [7, 11) is 0. The number of amides is 1. The van der Waals surface area contributed by atoms with Gasteiger partial charge in [-0.2, -0.15) is 0 Å². The molecule has 0 fully saturated rings. The number of anilines is 1. The standard InChI is InChI=1S/C12H11ClN2O2/c1-7-9(6-14-8(2)11(7)13)15-12(16)10-4-3-5-17-10/h3-6H,1-2H3,(H,15,16). The first-order valence-corrected chi connectivity index (χ1v) is 5.44. The van der Waals surface area contributed by atoms with Crippen molar-refractivity contribution in [2.45, 2.75) is 13.8 Å². The number of hydrogen-bond donors (Lipinski definition) is 1. The van der Waals surface area contributed by atoms with E-state index >= 15 is 0 Å². The number of aryl methyl sites for hydroxylation is 1. The molecule has 1 N–H and O–H groups in total. The molecule has 1 amide bonds. The number of rotatable bonds is 2. The van der Waals surface area contributed by atoms with Crippen LogP contribution in [0, 0.1) is 13.8 Å². The summed E-state index contributed by atoms with van der Waals surface area (Å²) in [6, 6.07) is 3.25.